The van der Waals surface area contributed by atoms with Gasteiger partial charge in [-0.1, -0.05) is 30.3 Å². The van der Waals surface area contributed by atoms with E-state index in [4.69, 9.17) is 18.6 Å². The summed E-state index contributed by atoms with van der Waals surface area (Å²) in [5, 5.41) is 3.07. The summed E-state index contributed by atoms with van der Waals surface area (Å²) in [5.74, 6) is 2.28. The predicted molar refractivity (Wildman–Crippen MR) is 110 cm³/mol. The SMILES string of the molecule is COc1cc(CCC(=O)N[C@H](c2ccccc2)c2ccco2)cc(OC)c1OC. The third kappa shape index (κ3) is 4.90. The second kappa shape index (κ2) is 9.68. The topological polar surface area (TPSA) is 69.9 Å². The Balaban J connectivity index is 1.72. The van der Waals surface area contributed by atoms with Gasteiger partial charge in [0.2, 0.25) is 11.7 Å². The Kier molecular flexibility index (Phi) is 6.79. The monoisotopic (exact) mass is 395 g/mol. The van der Waals surface area contributed by atoms with Crippen molar-refractivity contribution < 1.29 is 23.4 Å². The van der Waals surface area contributed by atoms with E-state index in [9.17, 15) is 4.79 Å². The van der Waals surface area contributed by atoms with Crippen LogP contribution in [0.25, 0.3) is 0 Å². The van der Waals surface area contributed by atoms with E-state index >= 15 is 0 Å². The fourth-order valence-corrected chi connectivity index (χ4v) is 3.19. The maximum absolute atomic E-state index is 12.7. The molecule has 0 saturated carbocycles. The maximum atomic E-state index is 12.7. The van der Waals surface area contributed by atoms with Crippen LogP contribution in [-0.4, -0.2) is 27.2 Å². The molecule has 1 heterocycles. The zero-order chi connectivity index (χ0) is 20.6. The number of rotatable bonds is 9. The van der Waals surface area contributed by atoms with E-state index in [-0.39, 0.29) is 11.9 Å². The summed E-state index contributed by atoms with van der Waals surface area (Å²) in [6.07, 6.45) is 2.44. The number of furan rings is 1. The number of amides is 1. The highest BCUT2D eigenvalue weighted by atomic mass is 16.5. The van der Waals surface area contributed by atoms with Gasteiger partial charge >= 0.3 is 0 Å². The van der Waals surface area contributed by atoms with Crippen molar-refractivity contribution in [3.8, 4) is 17.2 Å². The molecule has 29 heavy (non-hydrogen) atoms. The molecule has 3 rings (SSSR count). The van der Waals surface area contributed by atoms with Gasteiger partial charge in [0.1, 0.15) is 11.8 Å². The van der Waals surface area contributed by atoms with Crippen molar-refractivity contribution in [3.63, 3.8) is 0 Å². The lowest BCUT2D eigenvalue weighted by molar-refractivity contribution is -0.121. The molecule has 0 saturated heterocycles. The zero-order valence-corrected chi connectivity index (χ0v) is 16.8. The predicted octanol–water partition coefficient (Wildman–Crippen LogP) is 4.14. The van der Waals surface area contributed by atoms with Gasteiger partial charge in [0, 0.05) is 6.42 Å². The summed E-state index contributed by atoms with van der Waals surface area (Å²) in [7, 11) is 4.70. The Morgan fingerprint density at radius 3 is 2.21 bits per heavy atom. The quantitative estimate of drug-likeness (QED) is 0.590. The number of carbonyl (C=O) groups is 1. The number of methoxy groups -OCH3 is 3. The first kappa shape index (κ1) is 20.3. The fraction of sp³-hybridized carbons (Fsp3) is 0.261. The molecule has 0 spiro atoms. The highest BCUT2D eigenvalue weighted by Crippen LogP contribution is 2.38. The lowest BCUT2D eigenvalue weighted by Gasteiger charge is -2.18. The number of benzene rings is 2. The molecule has 6 heteroatoms. The molecule has 0 fully saturated rings. The minimum atomic E-state index is -0.335. The van der Waals surface area contributed by atoms with Crippen molar-refractivity contribution in [1.82, 2.24) is 5.32 Å². The van der Waals surface area contributed by atoms with Gasteiger partial charge in [0.25, 0.3) is 0 Å². The van der Waals surface area contributed by atoms with Crippen molar-refractivity contribution in [2.24, 2.45) is 0 Å². The average Bonchev–Trinajstić information content (AvgIpc) is 3.30. The summed E-state index contributed by atoms with van der Waals surface area (Å²) in [5.41, 5.74) is 1.88. The fourth-order valence-electron chi connectivity index (χ4n) is 3.19. The molecule has 6 nitrogen and oxygen atoms in total. The second-order valence-corrected chi connectivity index (χ2v) is 6.46. The van der Waals surface area contributed by atoms with Crippen LogP contribution in [0.15, 0.2) is 65.3 Å². The molecule has 1 atom stereocenters. The van der Waals surface area contributed by atoms with Crippen LogP contribution in [0.1, 0.15) is 29.3 Å². The Bertz CT molecular complexity index is 897. The molecule has 0 unspecified atom stereocenters. The van der Waals surface area contributed by atoms with E-state index in [1.807, 2.05) is 54.6 Å². The van der Waals surface area contributed by atoms with Gasteiger partial charge in [-0.2, -0.15) is 0 Å². The zero-order valence-electron chi connectivity index (χ0n) is 16.8. The standard InChI is InChI=1S/C23H25NO5/c1-26-19-14-16(15-20(27-2)23(19)28-3)11-12-21(25)24-22(18-10-7-13-29-18)17-8-5-4-6-9-17/h4-10,13-15,22H,11-12H2,1-3H3,(H,24,25)/t22-/m1/s1. The number of aryl methyl sites for hydroxylation is 1. The molecular weight excluding hydrogens is 370 g/mol. The first-order chi connectivity index (χ1) is 14.2. The third-order valence-electron chi connectivity index (χ3n) is 4.63. The molecule has 152 valence electrons. The van der Waals surface area contributed by atoms with Gasteiger partial charge in [-0.15, -0.1) is 0 Å². The number of carbonyl (C=O) groups excluding carboxylic acids is 1. The number of hydrogen-bond acceptors (Lipinski definition) is 5. The van der Waals surface area contributed by atoms with Crippen LogP contribution in [0, 0.1) is 0 Å². The van der Waals surface area contributed by atoms with Crippen molar-refractivity contribution in [2.75, 3.05) is 21.3 Å². The second-order valence-electron chi connectivity index (χ2n) is 6.46. The highest BCUT2D eigenvalue weighted by molar-refractivity contribution is 5.77. The number of nitrogens with one attached hydrogen (secondary N) is 1. The Hall–Kier alpha value is -3.41. The van der Waals surface area contributed by atoms with Crippen molar-refractivity contribution in [3.05, 3.63) is 77.7 Å². The summed E-state index contributed by atoms with van der Waals surface area (Å²) in [4.78, 5) is 12.7. The van der Waals surface area contributed by atoms with Crippen molar-refractivity contribution in [1.29, 1.82) is 0 Å². The van der Waals surface area contributed by atoms with Crippen LogP contribution in [0.3, 0.4) is 0 Å². The molecule has 0 radical (unpaired) electrons. The van der Waals surface area contributed by atoms with Gasteiger partial charge in [-0.05, 0) is 41.8 Å². The lowest BCUT2D eigenvalue weighted by atomic mass is 10.0. The van der Waals surface area contributed by atoms with Crippen LogP contribution in [-0.2, 0) is 11.2 Å². The molecule has 0 aliphatic heterocycles. The van der Waals surface area contributed by atoms with E-state index in [2.05, 4.69) is 5.32 Å². The molecule has 1 amide bonds. The van der Waals surface area contributed by atoms with Gasteiger partial charge in [-0.3, -0.25) is 4.79 Å². The van der Waals surface area contributed by atoms with Crippen LogP contribution in [0.4, 0.5) is 0 Å². The van der Waals surface area contributed by atoms with Gasteiger partial charge < -0.3 is 23.9 Å². The largest absolute Gasteiger partial charge is 0.493 e. The Morgan fingerprint density at radius 2 is 1.66 bits per heavy atom. The molecule has 0 bridgehead atoms. The van der Waals surface area contributed by atoms with E-state index in [0.717, 1.165) is 11.1 Å². The van der Waals surface area contributed by atoms with Crippen LogP contribution < -0.4 is 19.5 Å². The normalized spacial score (nSPS) is 11.6. The molecule has 2 aromatic carbocycles. The molecular formula is C23H25NO5. The Morgan fingerprint density at radius 1 is 0.966 bits per heavy atom. The van der Waals surface area contributed by atoms with Crippen LogP contribution in [0.5, 0.6) is 17.2 Å². The number of hydrogen-bond donors (Lipinski definition) is 1. The van der Waals surface area contributed by atoms with Crippen molar-refractivity contribution >= 4 is 5.91 Å². The summed E-state index contributed by atoms with van der Waals surface area (Å²) >= 11 is 0. The van der Waals surface area contributed by atoms with Crippen LogP contribution in [0.2, 0.25) is 0 Å². The van der Waals surface area contributed by atoms with E-state index < -0.39 is 0 Å². The minimum Gasteiger partial charge on any atom is -0.493 e. The maximum Gasteiger partial charge on any atom is 0.221 e. The van der Waals surface area contributed by atoms with Gasteiger partial charge in [-0.25, -0.2) is 0 Å². The summed E-state index contributed by atoms with van der Waals surface area (Å²) in [6.45, 7) is 0. The van der Waals surface area contributed by atoms with E-state index in [1.54, 1.807) is 27.6 Å². The highest BCUT2D eigenvalue weighted by Gasteiger charge is 2.20. The third-order valence-corrected chi connectivity index (χ3v) is 4.63. The smallest absolute Gasteiger partial charge is 0.221 e. The summed E-state index contributed by atoms with van der Waals surface area (Å²) < 4.78 is 21.6. The average molecular weight is 395 g/mol. The molecule has 3 aromatic rings. The molecule has 0 aliphatic rings. The summed E-state index contributed by atoms with van der Waals surface area (Å²) in [6, 6.07) is 16.8. The first-order valence-electron chi connectivity index (χ1n) is 9.32. The van der Waals surface area contributed by atoms with E-state index in [0.29, 0.717) is 35.9 Å². The molecule has 1 aromatic heterocycles. The van der Waals surface area contributed by atoms with Crippen LogP contribution >= 0.6 is 0 Å². The van der Waals surface area contributed by atoms with Gasteiger partial charge in [0.15, 0.2) is 11.5 Å². The molecule has 1 N–H and O–H groups in total. The molecule has 0 aliphatic carbocycles. The number of ether oxygens (including phenoxy) is 3. The van der Waals surface area contributed by atoms with Gasteiger partial charge in [0.05, 0.1) is 27.6 Å². The first-order valence-corrected chi connectivity index (χ1v) is 9.32. The minimum absolute atomic E-state index is 0.0796. The van der Waals surface area contributed by atoms with Crippen molar-refractivity contribution in [2.45, 2.75) is 18.9 Å². The Labute approximate surface area is 170 Å². The van der Waals surface area contributed by atoms with E-state index in [1.165, 1.54) is 0 Å². The lowest BCUT2D eigenvalue weighted by Crippen LogP contribution is -2.29.